The highest BCUT2D eigenvalue weighted by Gasteiger charge is 2.36. The Balaban J connectivity index is 1.40. The van der Waals surface area contributed by atoms with Crippen LogP contribution in [-0.2, 0) is 22.6 Å². The number of ether oxygens (including phenoxy) is 2. The Bertz CT molecular complexity index is 1340. The van der Waals surface area contributed by atoms with E-state index in [2.05, 4.69) is 5.32 Å². The van der Waals surface area contributed by atoms with E-state index in [-0.39, 0.29) is 23.9 Å². The largest absolute Gasteiger partial charge is 0.493 e. The van der Waals surface area contributed by atoms with Gasteiger partial charge < -0.3 is 14.8 Å². The van der Waals surface area contributed by atoms with Gasteiger partial charge in [-0.3, -0.25) is 19.3 Å². The number of hydrogen-bond donors (Lipinski definition) is 1. The predicted octanol–water partition coefficient (Wildman–Crippen LogP) is 5.65. The lowest BCUT2D eigenvalue weighted by atomic mass is 10.1. The number of hydrogen-bond acceptors (Lipinski definition) is 6. The monoisotopic (exact) mass is 520 g/mol. The first-order chi connectivity index (χ1) is 17.9. The van der Waals surface area contributed by atoms with E-state index in [1.807, 2.05) is 19.1 Å². The van der Waals surface area contributed by atoms with Crippen LogP contribution in [-0.4, -0.2) is 35.6 Å². The van der Waals surface area contributed by atoms with Crippen molar-refractivity contribution < 1.29 is 28.2 Å². The molecule has 190 valence electrons. The van der Waals surface area contributed by atoms with Gasteiger partial charge in [-0.05, 0) is 77.3 Å². The van der Waals surface area contributed by atoms with Gasteiger partial charge in [0.05, 0.1) is 12.0 Å². The minimum atomic E-state index is -0.540. The van der Waals surface area contributed by atoms with Crippen LogP contribution in [0.3, 0.4) is 0 Å². The summed E-state index contributed by atoms with van der Waals surface area (Å²) in [6.07, 6.45) is 2.45. The molecule has 0 spiro atoms. The number of amides is 3. The Labute approximate surface area is 218 Å². The average Bonchev–Trinajstić information content (AvgIpc) is 3.16. The lowest BCUT2D eigenvalue weighted by molar-refractivity contribution is -0.127. The van der Waals surface area contributed by atoms with Crippen molar-refractivity contribution in [2.24, 2.45) is 0 Å². The van der Waals surface area contributed by atoms with Crippen molar-refractivity contribution >= 4 is 40.6 Å². The van der Waals surface area contributed by atoms with Crippen molar-refractivity contribution in [2.75, 3.05) is 19.0 Å². The highest BCUT2D eigenvalue weighted by Crippen LogP contribution is 2.34. The molecule has 0 atom stereocenters. The van der Waals surface area contributed by atoms with Gasteiger partial charge in [0.1, 0.15) is 19.0 Å². The molecule has 1 aliphatic rings. The minimum Gasteiger partial charge on any atom is -0.493 e. The van der Waals surface area contributed by atoms with Gasteiger partial charge in [0, 0.05) is 5.69 Å². The number of methoxy groups -OCH3 is 1. The van der Waals surface area contributed by atoms with Crippen molar-refractivity contribution in [2.45, 2.75) is 20.0 Å². The minimum absolute atomic E-state index is 0.201. The Kier molecular flexibility index (Phi) is 8.25. The highest BCUT2D eigenvalue weighted by atomic mass is 32.2. The van der Waals surface area contributed by atoms with Crippen molar-refractivity contribution in [1.82, 2.24) is 4.90 Å². The number of benzene rings is 3. The second-order valence-electron chi connectivity index (χ2n) is 8.19. The second kappa shape index (κ2) is 11.7. The molecule has 0 aromatic heterocycles. The summed E-state index contributed by atoms with van der Waals surface area (Å²) in [5.74, 6) is -0.416. The topological polar surface area (TPSA) is 84.9 Å². The Morgan fingerprint density at radius 2 is 1.70 bits per heavy atom. The molecule has 3 amide bonds. The highest BCUT2D eigenvalue weighted by molar-refractivity contribution is 8.18. The van der Waals surface area contributed by atoms with Gasteiger partial charge in [-0.2, -0.15) is 0 Å². The van der Waals surface area contributed by atoms with Gasteiger partial charge in [-0.15, -0.1) is 0 Å². The average molecular weight is 521 g/mol. The molecule has 1 heterocycles. The normalized spacial score (nSPS) is 14.2. The summed E-state index contributed by atoms with van der Waals surface area (Å²) in [7, 11) is 1.49. The number of anilines is 1. The number of nitrogens with one attached hydrogen (secondary N) is 1. The Hall–Kier alpha value is -4.11. The quantitative estimate of drug-likeness (QED) is 0.367. The van der Waals surface area contributed by atoms with E-state index in [1.165, 1.54) is 19.2 Å². The first-order valence-electron chi connectivity index (χ1n) is 11.6. The van der Waals surface area contributed by atoms with Crippen LogP contribution in [0.25, 0.3) is 6.08 Å². The fourth-order valence-corrected chi connectivity index (χ4v) is 4.43. The van der Waals surface area contributed by atoms with Gasteiger partial charge in [-0.25, -0.2) is 4.39 Å². The fraction of sp³-hybridized carbons (Fsp3) is 0.179. The van der Waals surface area contributed by atoms with Crippen molar-refractivity contribution in [3.63, 3.8) is 0 Å². The summed E-state index contributed by atoms with van der Waals surface area (Å²) in [5.41, 5.74) is 3.15. The van der Waals surface area contributed by atoms with Crippen LogP contribution in [0.5, 0.6) is 11.5 Å². The maximum Gasteiger partial charge on any atom is 0.294 e. The van der Waals surface area contributed by atoms with Crippen LogP contribution in [0.4, 0.5) is 14.9 Å². The van der Waals surface area contributed by atoms with Crippen LogP contribution >= 0.6 is 11.8 Å². The molecule has 0 bridgehead atoms. The number of carbonyl (C=O) groups excluding carboxylic acids is 3. The van der Waals surface area contributed by atoms with Gasteiger partial charge >= 0.3 is 0 Å². The molecule has 1 N–H and O–H groups in total. The van der Waals surface area contributed by atoms with E-state index < -0.39 is 17.1 Å². The molecular weight excluding hydrogens is 495 g/mol. The zero-order valence-electron chi connectivity index (χ0n) is 20.3. The van der Waals surface area contributed by atoms with Crippen LogP contribution in [0, 0.1) is 5.82 Å². The number of carbonyl (C=O) groups is 3. The Morgan fingerprint density at radius 1 is 1.00 bits per heavy atom. The number of thioether (sulfide) groups is 1. The van der Waals surface area contributed by atoms with E-state index in [4.69, 9.17) is 9.47 Å². The molecule has 1 aliphatic heterocycles. The third kappa shape index (κ3) is 6.56. The molecule has 3 aromatic carbocycles. The molecule has 0 unspecified atom stereocenters. The molecule has 0 radical (unpaired) electrons. The van der Waals surface area contributed by atoms with Gasteiger partial charge in [0.2, 0.25) is 5.91 Å². The van der Waals surface area contributed by atoms with Crippen molar-refractivity contribution in [3.8, 4) is 11.5 Å². The van der Waals surface area contributed by atoms with E-state index in [9.17, 15) is 18.8 Å². The van der Waals surface area contributed by atoms with Gasteiger partial charge in [0.25, 0.3) is 11.1 Å². The number of imide groups is 1. The maximum absolute atomic E-state index is 13.1. The molecule has 9 heteroatoms. The number of halogens is 1. The number of nitrogens with zero attached hydrogens (tertiary/aromatic N) is 1. The molecule has 3 aromatic rings. The van der Waals surface area contributed by atoms with Crippen molar-refractivity contribution in [1.29, 1.82) is 0 Å². The lowest BCUT2D eigenvalue weighted by Gasteiger charge is -2.13. The fourth-order valence-electron chi connectivity index (χ4n) is 3.59. The number of rotatable bonds is 9. The Morgan fingerprint density at radius 3 is 2.38 bits per heavy atom. The van der Waals surface area contributed by atoms with Crippen LogP contribution in [0.1, 0.15) is 23.6 Å². The summed E-state index contributed by atoms with van der Waals surface area (Å²) in [6.45, 7) is 1.88. The maximum atomic E-state index is 13.1. The van der Waals surface area contributed by atoms with E-state index in [0.717, 1.165) is 34.2 Å². The first kappa shape index (κ1) is 26.0. The zero-order chi connectivity index (χ0) is 26.4. The molecule has 0 saturated carbocycles. The zero-order valence-corrected chi connectivity index (χ0v) is 21.1. The summed E-state index contributed by atoms with van der Waals surface area (Å²) >= 11 is 0.772. The molecule has 0 aliphatic carbocycles. The van der Waals surface area contributed by atoms with Crippen LogP contribution < -0.4 is 14.8 Å². The third-order valence-corrected chi connectivity index (χ3v) is 6.52. The summed E-state index contributed by atoms with van der Waals surface area (Å²) < 4.78 is 24.3. The van der Waals surface area contributed by atoms with E-state index in [0.29, 0.717) is 22.7 Å². The second-order valence-corrected chi connectivity index (χ2v) is 9.19. The molecule has 1 fully saturated rings. The van der Waals surface area contributed by atoms with Crippen LogP contribution in [0.15, 0.2) is 71.6 Å². The molecule has 4 rings (SSSR count). The van der Waals surface area contributed by atoms with Gasteiger partial charge in [0.15, 0.2) is 11.5 Å². The van der Waals surface area contributed by atoms with E-state index >= 15 is 0 Å². The summed E-state index contributed by atoms with van der Waals surface area (Å²) in [5, 5.41) is 2.20. The smallest absolute Gasteiger partial charge is 0.294 e. The SMILES string of the molecule is CCc1ccc(NC(=O)CN2C(=O)S/C(=C\c3ccc(OCc4ccc(F)cc4)c(OC)c3)C2=O)cc1. The van der Waals surface area contributed by atoms with Crippen molar-refractivity contribution in [3.05, 3.63) is 94.1 Å². The summed E-state index contributed by atoms with van der Waals surface area (Å²) in [4.78, 5) is 38.9. The number of aryl methyl sites for hydroxylation is 1. The third-order valence-electron chi connectivity index (χ3n) is 5.61. The first-order valence-corrected chi connectivity index (χ1v) is 12.4. The molecular formula is C28H25FN2O5S. The van der Waals surface area contributed by atoms with Gasteiger partial charge in [-0.1, -0.05) is 37.3 Å². The standard InChI is InChI=1S/C28H25FN2O5S/c1-3-18-6-11-22(12-7-18)30-26(32)16-31-27(33)25(37-28(31)34)15-20-8-13-23(24(14-20)35-2)36-17-19-4-9-21(29)10-5-19/h4-15H,3,16-17H2,1-2H3,(H,30,32)/b25-15-. The lowest BCUT2D eigenvalue weighted by Crippen LogP contribution is -2.36. The van der Waals surface area contributed by atoms with Crippen LogP contribution in [0.2, 0.25) is 0 Å². The molecule has 7 nitrogen and oxygen atoms in total. The van der Waals surface area contributed by atoms with E-state index in [1.54, 1.807) is 48.5 Å². The molecule has 37 heavy (non-hydrogen) atoms. The molecule has 1 saturated heterocycles. The summed E-state index contributed by atoms with van der Waals surface area (Å²) in [6, 6.07) is 18.5. The predicted molar refractivity (Wildman–Crippen MR) is 141 cm³/mol.